The molecule has 0 aliphatic heterocycles. The molecular weight excluding hydrogens is 478 g/mol. The standard InChI is InChI=1S/C21H28N4O5S.CH3NO2/c1-15(26)23-20-24-18(13-31-20)9-8-16-4-6-17(7-5-16)10-11-25(14-22-21(27)28)12-19(29-2)30-3;2-1(3)4/h4-7,13-14,19H,8-12H2,1-3H3,(H,27,28)(H,23,24,26);2H2,(H,3,4). The van der Waals surface area contributed by atoms with Gasteiger partial charge in [-0.1, -0.05) is 24.3 Å². The van der Waals surface area contributed by atoms with Crippen LogP contribution in [-0.4, -0.2) is 78.1 Å². The van der Waals surface area contributed by atoms with Gasteiger partial charge in [0.2, 0.25) is 5.91 Å². The number of anilines is 1. The summed E-state index contributed by atoms with van der Waals surface area (Å²) in [6.45, 7) is 2.41. The molecule has 13 heteroatoms. The molecule has 0 bridgehead atoms. The lowest BCUT2D eigenvalue weighted by Crippen LogP contribution is -2.35. The van der Waals surface area contributed by atoms with Gasteiger partial charge in [0.1, 0.15) is 0 Å². The molecule has 0 aliphatic rings. The first kappa shape index (κ1) is 29.5. The van der Waals surface area contributed by atoms with Crippen molar-refractivity contribution in [3.63, 3.8) is 0 Å². The average Bonchev–Trinajstić information content (AvgIpc) is 3.24. The predicted octanol–water partition coefficient (Wildman–Crippen LogP) is 2.68. The molecule has 1 heterocycles. The summed E-state index contributed by atoms with van der Waals surface area (Å²) in [5.41, 5.74) is 7.31. The van der Waals surface area contributed by atoms with E-state index in [2.05, 4.69) is 45.3 Å². The van der Waals surface area contributed by atoms with E-state index in [-0.39, 0.29) is 5.91 Å². The van der Waals surface area contributed by atoms with Gasteiger partial charge in [-0.3, -0.25) is 4.79 Å². The van der Waals surface area contributed by atoms with Crippen LogP contribution in [0, 0.1) is 0 Å². The maximum Gasteiger partial charge on any atom is 0.432 e. The zero-order chi connectivity index (χ0) is 26.2. The van der Waals surface area contributed by atoms with Crippen LogP contribution >= 0.6 is 11.3 Å². The summed E-state index contributed by atoms with van der Waals surface area (Å²) >= 11 is 1.42. The van der Waals surface area contributed by atoms with E-state index in [0.717, 1.165) is 30.5 Å². The Morgan fingerprint density at radius 1 is 1.14 bits per heavy atom. The van der Waals surface area contributed by atoms with Gasteiger partial charge < -0.3 is 35.6 Å². The second-order valence-corrected chi connectivity index (χ2v) is 8.01. The van der Waals surface area contributed by atoms with Crippen LogP contribution in [0.1, 0.15) is 23.7 Å². The number of carbonyl (C=O) groups is 3. The Kier molecular flexibility index (Phi) is 13.6. The molecule has 0 unspecified atom stereocenters. The lowest BCUT2D eigenvalue weighted by atomic mass is 10.0. The van der Waals surface area contributed by atoms with Crippen molar-refractivity contribution in [1.82, 2.24) is 9.88 Å². The highest BCUT2D eigenvalue weighted by molar-refractivity contribution is 7.13. The van der Waals surface area contributed by atoms with Crippen LogP contribution < -0.4 is 11.1 Å². The number of aliphatic imine (C=N–C) groups is 1. The molecule has 35 heavy (non-hydrogen) atoms. The Morgan fingerprint density at radius 3 is 2.23 bits per heavy atom. The summed E-state index contributed by atoms with van der Waals surface area (Å²) in [4.78, 5) is 40.2. The summed E-state index contributed by atoms with van der Waals surface area (Å²) < 4.78 is 10.4. The van der Waals surface area contributed by atoms with Gasteiger partial charge in [-0.05, 0) is 30.4 Å². The SMILES string of the molecule is COC(CN(C=NC(=O)O)CCc1ccc(CCc2csc(NC(C)=O)n2)cc1)OC.NC(=O)O. The first-order valence-electron chi connectivity index (χ1n) is 10.5. The molecule has 0 spiro atoms. The number of nitrogens with zero attached hydrogens (tertiary/aromatic N) is 3. The van der Waals surface area contributed by atoms with Gasteiger partial charge in [-0.25, -0.2) is 14.6 Å². The Hall–Kier alpha value is -3.55. The fraction of sp³-hybridized carbons (Fsp3) is 0.409. The summed E-state index contributed by atoms with van der Waals surface area (Å²) in [6.07, 6.45) is 0.613. The number of rotatable bonds is 12. The Bertz CT molecular complexity index is 957. The van der Waals surface area contributed by atoms with Crippen LogP contribution in [0.3, 0.4) is 0 Å². The molecule has 0 atom stereocenters. The second kappa shape index (κ2) is 16.1. The highest BCUT2D eigenvalue weighted by atomic mass is 32.1. The van der Waals surface area contributed by atoms with Crippen LogP contribution in [0.4, 0.5) is 14.7 Å². The van der Waals surface area contributed by atoms with Gasteiger partial charge in [0, 0.05) is 33.1 Å². The van der Waals surface area contributed by atoms with Crippen molar-refractivity contribution in [2.24, 2.45) is 10.7 Å². The molecule has 1 aromatic heterocycles. The van der Waals surface area contributed by atoms with Crippen molar-refractivity contribution in [3.8, 4) is 0 Å². The molecule has 0 fully saturated rings. The number of carbonyl (C=O) groups excluding carboxylic acids is 1. The number of methoxy groups -OCH3 is 2. The maximum atomic E-state index is 11.1. The van der Waals surface area contributed by atoms with Crippen molar-refractivity contribution < 1.29 is 34.1 Å². The van der Waals surface area contributed by atoms with Crippen molar-refractivity contribution in [2.45, 2.75) is 32.5 Å². The van der Waals surface area contributed by atoms with Crippen molar-refractivity contribution in [3.05, 3.63) is 46.5 Å². The molecule has 3 amide bonds. The monoisotopic (exact) mass is 509 g/mol. The first-order chi connectivity index (χ1) is 16.6. The number of aromatic nitrogens is 1. The Morgan fingerprint density at radius 2 is 1.71 bits per heavy atom. The van der Waals surface area contributed by atoms with E-state index in [1.165, 1.54) is 44.4 Å². The zero-order valence-corrected chi connectivity index (χ0v) is 20.7. The van der Waals surface area contributed by atoms with Gasteiger partial charge in [0.15, 0.2) is 11.4 Å². The number of nitrogens with two attached hydrogens (primary N) is 1. The lowest BCUT2D eigenvalue weighted by molar-refractivity contribution is -0.114. The van der Waals surface area contributed by atoms with E-state index in [0.29, 0.717) is 18.2 Å². The molecule has 0 aliphatic carbocycles. The Labute approximate surface area is 207 Å². The maximum absolute atomic E-state index is 11.1. The molecule has 0 saturated carbocycles. The third-order valence-corrected chi connectivity index (χ3v) is 5.26. The minimum atomic E-state index is -1.33. The number of hydrogen-bond donors (Lipinski definition) is 4. The molecule has 0 saturated heterocycles. The number of hydrogen-bond acceptors (Lipinski definition) is 7. The minimum Gasteiger partial charge on any atom is -0.465 e. The topological polar surface area (TPSA) is 177 Å². The number of ether oxygens (including phenoxy) is 2. The van der Waals surface area contributed by atoms with E-state index in [1.54, 1.807) is 4.90 Å². The van der Waals surface area contributed by atoms with E-state index >= 15 is 0 Å². The number of aryl methyl sites for hydroxylation is 2. The van der Waals surface area contributed by atoms with Crippen molar-refractivity contribution in [2.75, 3.05) is 32.6 Å². The molecule has 12 nitrogen and oxygen atoms in total. The fourth-order valence-corrected chi connectivity index (χ4v) is 3.60. The quantitative estimate of drug-likeness (QED) is 0.190. The number of nitrogens with one attached hydrogen (secondary N) is 1. The van der Waals surface area contributed by atoms with E-state index < -0.39 is 18.5 Å². The molecule has 5 N–H and O–H groups in total. The second-order valence-electron chi connectivity index (χ2n) is 7.15. The normalized spacial score (nSPS) is 10.6. The molecule has 1 aromatic carbocycles. The van der Waals surface area contributed by atoms with Crippen LogP contribution in [0.15, 0.2) is 34.6 Å². The smallest absolute Gasteiger partial charge is 0.432 e. The molecule has 2 aromatic rings. The van der Waals surface area contributed by atoms with Crippen molar-refractivity contribution in [1.29, 1.82) is 0 Å². The fourth-order valence-electron chi connectivity index (χ4n) is 2.81. The summed E-state index contributed by atoms with van der Waals surface area (Å²) in [6, 6.07) is 8.30. The molecule has 192 valence electrons. The van der Waals surface area contributed by atoms with Gasteiger partial charge >= 0.3 is 12.2 Å². The van der Waals surface area contributed by atoms with Crippen LogP contribution in [0.25, 0.3) is 0 Å². The van der Waals surface area contributed by atoms with Crippen LogP contribution in [0.5, 0.6) is 0 Å². The molecule has 2 rings (SSSR count). The van der Waals surface area contributed by atoms with Gasteiger partial charge in [-0.2, -0.15) is 4.99 Å². The van der Waals surface area contributed by atoms with Gasteiger partial charge in [0.25, 0.3) is 0 Å². The third-order valence-electron chi connectivity index (χ3n) is 4.46. The number of thiazole rings is 1. The van der Waals surface area contributed by atoms with E-state index in [9.17, 15) is 9.59 Å². The van der Waals surface area contributed by atoms with E-state index in [1.807, 2.05) is 5.38 Å². The Balaban J connectivity index is 0.00000142. The highest BCUT2D eigenvalue weighted by Gasteiger charge is 2.11. The zero-order valence-electron chi connectivity index (χ0n) is 19.8. The largest absolute Gasteiger partial charge is 0.465 e. The lowest BCUT2D eigenvalue weighted by Gasteiger charge is -2.23. The molecule has 0 radical (unpaired) electrons. The summed E-state index contributed by atoms with van der Waals surface area (Å²) in [7, 11) is 3.07. The average molecular weight is 510 g/mol. The molecular formula is C22H31N5O7S. The van der Waals surface area contributed by atoms with Gasteiger partial charge in [-0.15, -0.1) is 11.3 Å². The van der Waals surface area contributed by atoms with E-state index in [4.69, 9.17) is 24.5 Å². The van der Waals surface area contributed by atoms with Crippen LogP contribution in [0.2, 0.25) is 0 Å². The predicted molar refractivity (Wildman–Crippen MR) is 132 cm³/mol. The number of carboxylic acid groups (broad SMARTS) is 2. The third kappa shape index (κ3) is 13.7. The minimum absolute atomic E-state index is 0.121. The number of primary amides is 1. The number of benzene rings is 1. The summed E-state index contributed by atoms with van der Waals surface area (Å²) in [5.74, 6) is -0.121. The van der Waals surface area contributed by atoms with Crippen LogP contribution in [-0.2, 0) is 33.5 Å². The summed E-state index contributed by atoms with van der Waals surface area (Å²) in [5, 5.41) is 21.3. The van der Waals surface area contributed by atoms with Crippen molar-refractivity contribution >= 4 is 40.9 Å². The first-order valence-corrected chi connectivity index (χ1v) is 11.4. The number of amides is 3. The highest BCUT2D eigenvalue weighted by Crippen LogP contribution is 2.17. The van der Waals surface area contributed by atoms with Gasteiger partial charge in [0.05, 0.1) is 18.6 Å².